The summed E-state index contributed by atoms with van der Waals surface area (Å²) in [6.07, 6.45) is -26.0. The van der Waals surface area contributed by atoms with Crippen LogP contribution in [0.15, 0.2) is 0 Å². The fourth-order valence-corrected chi connectivity index (χ4v) is 6.20. The maximum Gasteiger partial charge on any atom is 0.364 e. The van der Waals surface area contributed by atoms with E-state index >= 15 is 0 Å². The number of hydrogen-bond acceptors (Lipinski definition) is 19. The number of esters is 1. The monoisotopic (exact) mass is 730 g/mol. The highest BCUT2D eigenvalue weighted by atomic mass is 16.8. The maximum absolute atomic E-state index is 12.6. The lowest BCUT2D eigenvalue weighted by Gasteiger charge is -2.50. The zero-order valence-electron chi connectivity index (χ0n) is 27.6. The molecule has 0 bridgehead atoms. The van der Waals surface area contributed by atoms with Crippen LogP contribution < -0.4 is 0 Å². The molecule has 3 heterocycles. The number of carbonyl (C=O) groups is 3. The molecule has 290 valence electrons. The van der Waals surface area contributed by atoms with Crippen LogP contribution in [0.5, 0.6) is 0 Å². The number of hydrogen-bond donors (Lipinski definition) is 11. The molecule has 3 aliphatic heterocycles. The highest BCUT2D eigenvalue weighted by molar-refractivity contribution is 5.79. The highest BCUT2D eigenvalue weighted by Crippen LogP contribution is 2.40. The van der Waals surface area contributed by atoms with Crippen LogP contribution in [0.4, 0.5) is 0 Å². The van der Waals surface area contributed by atoms with Gasteiger partial charge in [0.15, 0.2) is 6.29 Å². The van der Waals surface area contributed by atoms with Gasteiger partial charge in [0.2, 0.25) is 0 Å². The Balaban J connectivity index is 1.78. The average Bonchev–Trinajstić information content (AvgIpc) is 3.08. The minimum atomic E-state index is -2.89. The molecule has 20 nitrogen and oxygen atoms in total. The topological polar surface area (TPSA) is 329 Å². The molecule has 3 aliphatic rings. The molecular weight excluding hydrogens is 680 g/mol. The Bertz CT molecular complexity index is 1110. The SMILES string of the molecule is CCOC(=O)CCCC(=O)C[C@@H]1OC(CO)[C@@H](O[C@@H]2OC(CO)[C@H](O)[C@H](O[C@]3(C(=O)O)C[C@@H](O)[C@@H](C)C([C@H](O)[C@H](O)CO)O3)C2O)[C@H](O)C1O. The van der Waals surface area contributed by atoms with Crippen LogP contribution in [0.25, 0.3) is 0 Å². The Morgan fingerprint density at radius 1 is 0.860 bits per heavy atom. The van der Waals surface area contributed by atoms with Gasteiger partial charge in [0.1, 0.15) is 66.8 Å². The Hall–Kier alpha value is -1.99. The molecule has 0 amide bonds. The van der Waals surface area contributed by atoms with Crippen molar-refractivity contribution >= 4 is 17.7 Å². The van der Waals surface area contributed by atoms with Gasteiger partial charge < -0.3 is 84.6 Å². The molecule has 0 aromatic rings. The van der Waals surface area contributed by atoms with E-state index in [0.717, 1.165) is 0 Å². The van der Waals surface area contributed by atoms with Crippen molar-refractivity contribution in [3.8, 4) is 0 Å². The van der Waals surface area contributed by atoms with Gasteiger partial charge in [0, 0.05) is 31.6 Å². The van der Waals surface area contributed by atoms with Crippen LogP contribution in [0.1, 0.15) is 46.0 Å². The summed E-state index contributed by atoms with van der Waals surface area (Å²) in [5, 5.41) is 115. The third-order valence-corrected chi connectivity index (χ3v) is 9.15. The van der Waals surface area contributed by atoms with Crippen molar-refractivity contribution in [2.24, 2.45) is 5.92 Å². The van der Waals surface area contributed by atoms with E-state index in [4.69, 9.17) is 28.4 Å². The summed E-state index contributed by atoms with van der Waals surface area (Å²) in [7, 11) is 0. The molecule has 3 fully saturated rings. The molecule has 11 N–H and O–H groups in total. The second-order valence-corrected chi connectivity index (χ2v) is 12.7. The van der Waals surface area contributed by atoms with Gasteiger partial charge in [-0.15, -0.1) is 0 Å². The quantitative estimate of drug-likeness (QED) is 0.0622. The molecule has 0 spiro atoms. The first-order valence-corrected chi connectivity index (χ1v) is 16.4. The number of ether oxygens (including phenoxy) is 6. The number of carboxylic acids is 1. The summed E-state index contributed by atoms with van der Waals surface area (Å²) in [4.78, 5) is 36.6. The molecular formula is C30H50O20. The number of aliphatic hydroxyl groups excluding tert-OH is 10. The standard InChI is InChI=1S/C30H50O20/c1-3-45-19(37)6-4-5-13(34)7-16-21(39)23(41)26(18(11-33)46-16)48-28-24(42)27(22(40)17(10-32)47-28)50-30(29(43)44)8-14(35)12(2)25(49-30)20(38)15(36)9-31/h12,14-18,20-28,31-33,35-36,38-42H,3-11H2,1-2H3,(H,43,44)/t12-,14-,15-,16+,17?,18?,20-,21?,22+,23-,24?,25?,26-,27+,28+,30+/m1/s1. The average molecular weight is 731 g/mol. The lowest BCUT2D eigenvalue weighted by Crippen LogP contribution is -2.68. The molecule has 3 saturated heterocycles. The highest BCUT2D eigenvalue weighted by Gasteiger charge is 2.59. The number of Topliss-reactive ketones (excluding diaryl/α,β-unsaturated/α-hetero) is 1. The largest absolute Gasteiger partial charge is 0.477 e. The normalized spacial score (nSPS) is 40.5. The lowest BCUT2D eigenvalue weighted by atomic mass is 9.84. The summed E-state index contributed by atoms with van der Waals surface area (Å²) in [5.74, 6) is -6.70. The number of ketones is 1. The number of aliphatic hydroxyl groups is 10. The fourth-order valence-electron chi connectivity index (χ4n) is 6.20. The molecule has 5 unspecified atom stereocenters. The first kappa shape index (κ1) is 42.4. The van der Waals surface area contributed by atoms with Crippen molar-refractivity contribution in [2.45, 2.75) is 137 Å². The van der Waals surface area contributed by atoms with E-state index in [1.165, 1.54) is 6.92 Å². The number of aliphatic carboxylic acids is 1. The molecule has 20 heteroatoms. The van der Waals surface area contributed by atoms with E-state index in [9.17, 15) is 70.6 Å². The van der Waals surface area contributed by atoms with Crippen LogP contribution in [-0.2, 0) is 42.8 Å². The van der Waals surface area contributed by atoms with Gasteiger partial charge in [-0.05, 0) is 13.3 Å². The zero-order chi connectivity index (χ0) is 37.5. The Morgan fingerprint density at radius 3 is 2.10 bits per heavy atom. The number of carboxylic acid groups (broad SMARTS) is 1. The van der Waals surface area contributed by atoms with Crippen LogP contribution in [0.2, 0.25) is 0 Å². The van der Waals surface area contributed by atoms with Gasteiger partial charge in [-0.2, -0.15) is 0 Å². The van der Waals surface area contributed by atoms with Crippen LogP contribution >= 0.6 is 0 Å². The zero-order valence-corrected chi connectivity index (χ0v) is 27.6. The predicted octanol–water partition coefficient (Wildman–Crippen LogP) is -5.35. The third-order valence-electron chi connectivity index (χ3n) is 9.15. The Kier molecular flexibility index (Phi) is 15.8. The Morgan fingerprint density at radius 2 is 1.52 bits per heavy atom. The van der Waals surface area contributed by atoms with E-state index in [1.807, 2.05) is 0 Å². The molecule has 0 aromatic carbocycles. The van der Waals surface area contributed by atoms with Crippen LogP contribution in [0, 0.1) is 5.92 Å². The molecule has 50 heavy (non-hydrogen) atoms. The van der Waals surface area contributed by atoms with Gasteiger partial charge >= 0.3 is 11.9 Å². The fraction of sp³-hybridized carbons (Fsp3) is 0.900. The summed E-state index contributed by atoms with van der Waals surface area (Å²) in [5.41, 5.74) is 0. The van der Waals surface area contributed by atoms with E-state index in [2.05, 4.69) is 0 Å². The smallest absolute Gasteiger partial charge is 0.364 e. The van der Waals surface area contributed by atoms with Crippen molar-refractivity contribution in [3.63, 3.8) is 0 Å². The van der Waals surface area contributed by atoms with Crippen molar-refractivity contribution in [3.05, 3.63) is 0 Å². The number of rotatable bonds is 17. The van der Waals surface area contributed by atoms with E-state index in [-0.39, 0.29) is 25.9 Å². The van der Waals surface area contributed by atoms with E-state index < -0.39 is 148 Å². The molecule has 0 saturated carbocycles. The van der Waals surface area contributed by atoms with Gasteiger partial charge in [-0.3, -0.25) is 9.59 Å². The van der Waals surface area contributed by atoms with E-state index in [0.29, 0.717) is 0 Å². The predicted molar refractivity (Wildman–Crippen MR) is 160 cm³/mol. The van der Waals surface area contributed by atoms with Crippen molar-refractivity contribution in [1.82, 2.24) is 0 Å². The van der Waals surface area contributed by atoms with Gasteiger partial charge in [-0.1, -0.05) is 6.92 Å². The second kappa shape index (κ2) is 18.7. The maximum atomic E-state index is 12.6. The van der Waals surface area contributed by atoms with Crippen molar-refractivity contribution < 1.29 is 99.0 Å². The second-order valence-electron chi connectivity index (χ2n) is 12.7. The lowest BCUT2D eigenvalue weighted by molar-refractivity contribution is -0.383. The number of carbonyl (C=O) groups excluding carboxylic acids is 2. The van der Waals surface area contributed by atoms with Crippen molar-refractivity contribution in [1.29, 1.82) is 0 Å². The van der Waals surface area contributed by atoms with Crippen LogP contribution in [0.3, 0.4) is 0 Å². The Labute approximate surface area is 286 Å². The molecule has 0 aliphatic carbocycles. The molecule has 3 rings (SSSR count). The van der Waals surface area contributed by atoms with Crippen LogP contribution in [-0.4, -0.2) is 192 Å². The minimum absolute atomic E-state index is 0.0157. The molecule has 16 atom stereocenters. The van der Waals surface area contributed by atoms with Crippen molar-refractivity contribution in [2.75, 3.05) is 26.4 Å². The summed E-state index contributed by atoms with van der Waals surface area (Å²) >= 11 is 0. The minimum Gasteiger partial charge on any atom is -0.477 e. The summed E-state index contributed by atoms with van der Waals surface area (Å²) < 4.78 is 32.8. The first-order chi connectivity index (χ1) is 23.5. The summed E-state index contributed by atoms with van der Waals surface area (Å²) in [6.45, 7) is 0.444. The van der Waals surface area contributed by atoms with Gasteiger partial charge in [0.25, 0.3) is 5.79 Å². The molecule has 0 aromatic heterocycles. The third kappa shape index (κ3) is 9.70. The van der Waals surface area contributed by atoms with E-state index in [1.54, 1.807) is 6.92 Å². The first-order valence-electron chi connectivity index (χ1n) is 16.4. The van der Waals surface area contributed by atoms with Gasteiger partial charge in [0.05, 0.1) is 44.7 Å². The summed E-state index contributed by atoms with van der Waals surface area (Å²) in [6, 6.07) is 0. The van der Waals surface area contributed by atoms with Gasteiger partial charge in [-0.25, -0.2) is 4.79 Å². The molecule has 0 radical (unpaired) electrons.